The van der Waals surface area contributed by atoms with Gasteiger partial charge in [0.2, 0.25) is 0 Å². The van der Waals surface area contributed by atoms with Gasteiger partial charge in [0.25, 0.3) is 5.91 Å². The van der Waals surface area contributed by atoms with E-state index in [9.17, 15) is 4.79 Å². The van der Waals surface area contributed by atoms with Crippen LogP contribution in [-0.4, -0.2) is 30.5 Å². The van der Waals surface area contributed by atoms with E-state index >= 15 is 0 Å². The zero-order valence-electron chi connectivity index (χ0n) is 8.67. The molecule has 1 fully saturated rings. The summed E-state index contributed by atoms with van der Waals surface area (Å²) in [6, 6.07) is 0. The van der Waals surface area contributed by atoms with Crippen molar-refractivity contribution in [3.8, 4) is 0 Å². The van der Waals surface area contributed by atoms with Gasteiger partial charge in [0, 0.05) is 19.6 Å². The molecule has 78 valence electrons. The van der Waals surface area contributed by atoms with Crippen LogP contribution in [0.2, 0.25) is 0 Å². The number of ether oxygens (including phenoxy) is 1. The van der Waals surface area contributed by atoms with Crippen LogP contribution in [-0.2, 0) is 9.53 Å². The standard InChI is InChI=1S/C10H16N2O2/c1-10(2)9(13)11-8(12-10)5-7-3-4-14-6-7/h7H,3-6H2,1-2H3,(H,11,12,13). The Kier molecular flexibility index (Phi) is 2.31. The van der Waals surface area contributed by atoms with Gasteiger partial charge in [-0.15, -0.1) is 0 Å². The average molecular weight is 196 g/mol. The molecule has 1 amide bonds. The molecule has 2 aliphatic rings. The molecule has 1 unspecified atom stereocenters. The van der Waals surface area contributed by atoms with Gasteiger partial charge in [-0.25, -0.2) is 0 Å². The van der Waals surface area contributed by atoms with Gasteiger partial charge in [-0.2, -0.15) is 0 Å². The topological polar surface area (TPSA) is 50.7 Å². The van der Waals surface area contributed by atoms with Crippen molar-refractivity contribution < 1.29 is 9.53 Å². The Labute approximate surface area is 83.7 Å². The SMILES string of the molecule is CC1(C)N=C(CC2CCOC2)NC1=O. The molecule has 0 radical (unpaired) electrons. The van der Waals surface area contributed by atoms with Gasteiger partial charge >= 0.3 is 0 Å². The predicted octanol–water partition coefficient (Wildman–Crippen LogP) is 0.720. The summed E-state index contributed by atoms with van der Waals surface area (Å²) in [4.78, 5) is 15.8. The van der Waals surface area contributed by atoms with Crippen molar-refractivity contribution in [2.75, 3.05) is 13.2 Å². The minimum Gasteiger partial charge on any atom is -0.381 e. The first-order valence-corrected chi connectivity index (χ1v) is 5.06. The Morgan fingerprint density at radius 3 is 2.93 bits per heavy atom. The number of aliphatic imine (C=N–C) groups is 1. The lowest BCUT2D eigenvalue weighted by Crippen LogP contribution is -2.34. The van der Waals surface area contributed by atoms with Crippen molar-refractivity contribution in [2.24, 2.45) is 10.9 Å². The fourth-order valence-corrected chi connectivity index (χ4v) is 1.81. The lowest BCUT2D eigenvalue weighted by Gasteiger charge is -2.07. The van der Waals surface area contributed by atoms with E-state index in [1.165, 1.54) is 0 Å². The Bertz CT molecular complexity index is 278. The second-order valence-corrected chi connectivity index (χ2v) is 4.51. The Hall–Kier alpha value is -0.900. The third-order valence-electron chi connectivity index (χ3n) is 2.73. The highest BCUT2D eigenvalue weighted by Crippen LogP contribution is 2.21. The van der Waals surface area contributed by atoms with E-state index in [4.69, 9.17) is 4.74 Å². The van der Waals surface area contributed by atoms with Crippen LogP contribution in [0.25, 0.3) is 0 Å². The van der Waals surface area contributed by atoms with Gasteiger partial charge in [0.05, 0.1) is 0 Å². The molecule has 0 spiro atoms. The van der Waals surface area contributed by atoms with Crippen molar-refractivity contribution in [1.82, 2.24) is 5.32 Å². The summed E-state index contributed by atoms with van der Waals surface area (Å²) in [5.74, 6) is 1.37. The number of hydrogen-bond donors (Lipinski definition) is 1. The number of rotatable bonds is 2. The number of carbonyl (C=O) groups excluding carboxylic acids is 1. The molecule has 0 bridgehead atoms. The van der Waals surface area contributed by atoms with Gasteiger partial charge in [-0.05, 0) is 26.2 Å². The quantitative estimate of drug-likeness (QED) is 0.707. The molecule has 1 saturated heterocycles. The number of nitrogens with one attached hydrogen (secondary N) is 1. The molecule has 0 saturated carbocycles. The predicted molar refractivity (Wildman–Crippen MR) is 53.2 cm³/mol. The second-order valence-electron chi connectivity index (χ2n) is 4.51. The smallest absolute Gasteiger partial charge is 0.252 e. The molecule has 0 aromatic carbocycles. The third kappa shape index (κ3) is 1.80. The van der Waals surface area contributed by atoms with E-state index in [-0.39, 0.29) is 5.91 Å². The first-order chi connectivity index (χ1) is 6.58. The van der Waals surface area contributed by atoms with E-state index in [0.29, 0.717) is 5.92 Å². The number of amides is 1. The van der Waals surface area contributed by atoms with E-state index in [1.54, 1.807) is 0 Å². The lowest BCUT2D eigenvalue weighted by molar-refractivity contribution is -0.122. The Balaban J connectivity index is 1.96. The molecule has 0 aromatic heterocycles. The normalized spacial score (nSPS) is 30.3. The monoisotopic (exact) mass is 196 g/mol. The molecule has 1 atom stereocenters. The van der Waals surface area contributed by atoms with Crippen molar-refractivity contribution in [2.45, 2.75) is 32.2 Å². The van der Waals surface area contributed by atoms with Crippen LogP contribution < -0.4 is 5.32 Å². The Morgan fingerprint density at radius 2 is 2.43 bits per heavy atom. The first-order valence-electron chi connectivity index (χ1n) is 5.06. The van der Waals surface area contributed by atoms with Gasteiger partial charge < -0.3 is 10.1 Å². The maximum Gasteiger partial charge on any atom is 0.252 e. The van der Waals surface area contributed by atoms with Crippen LogP contribution in [0.3, 0.4) is 0 Å². The lowest BCUT2D eigenvalue weighted by atomic mass is 10.0. The fraction of sp³-hybridized carbons (Fsp3) is 0.800. The van der Waals surface area contributed by atoms with Crippen molar-refractivity contribution >= 4 is 11.7 Å². The zero-order chi connectivity index (χ0) is 10.2. The number of carbonyl (C=O) groups is 1. The second kappa shape index (κ2) is 3.35. The third-order valence-corrected chi connectivity index (χ3v) is 2.73. The average Bonchev–Trinajstić information content (AvgIpc) is 2.62. The van der Waals surface area contributed by atoms with Gasteiger partial charge in [-0.1, -0.05) is 0 Å². The largest absolute Gasteiger partial charge is 0.381 e. The van der Waals surface area contributed by atoms with Crippen LogP contribution >= 0.6 is 0 Å². The highest BCUT2D eigenvalue weighted by atomic mass is 16.5. The molecule has 14 heavy (non-hydrogen) atoms. The molecule has 2 aliphatic heterocycles. The summed E-state index contributed by atoms with van der Waals surface area (Å²) in [6.07, 6.45) is 1.92. The number of hydrogen-bond acceptors (Lipinski definition) is 3. The minimum atomic E-state index is -0.575. The summed E-state index contributed by atoms with van der Waals surface area (Å²) in [5, 5.41) is 2.83. The van der Waals surface area contributed by atoms with Crippen LogP contribution in [0.15, 0.2) is 4.99 Å². The molecule has 4 nitrogen and oxygen atoms in total. The molecule has 2 heterocycles. The van der Waals surface area contributed by atoms with Gasteiger partial charge in [0.1, 0.15) is 11.4 Å². The zero-order valence-corrected chi connectivity index (χ0v) is 8.67. The van der Waals surface area contributed by atoms with Crippen LogP contribution in [0, 0.1) is 5.92 Å². The molecule has 0 aliphatic carbocycles. The molecule has 1 N–H and O–H groups in total. The van der Waals surface area contributed by atoms with E-state index in [1.807, 2.05) is 13.8 Å². The van der Waals surface area contributed by atoms with Crippen LogP contribution in [0.1, 0.15) is 26.7 Å². The first kappa shape index (κ1) is 9.65. The molecule has 2 rings (SSSR count). The number of nitrogens with zero attached hydrogens (tertiary/aromatic N) is 1. The summed E-state index contributed by atoms with van der Waals surface area (Å²) in [5.41, 5.74) is -0.575. The highest BCUT2D eigenvalue weighted by Gasteiger charge is 2.34. The maximum absolute atomic E-state index is 11.4. The number of amidine groups is 1. The van der Waals surface area contributed by atoms with Crippen LogP contribution in [0.5, 0.6) is 0 Å². The van der Waals surface area contributed by atoms with Crippen molar-refractivity contribution in [3.63, 3.8) is 0 Å². The van der Waals surface area contributed by atoms with E-state index < -0.39 is 5.54 Å². The van der Waals surface area contributed by atoms with Crippen molar-refractivity contribution in [3.05, 3.63) is 0 Å². The van der Waals surface area contributed by atoms with E-state index in [2.05, 4.69) is 10.3 Å². The van der Waals surface area contributed by atoms with E-state index in [0.717, 1.165) is 31.9 Å². The summed E-state index contributed by atoms with van der Waals surface area (Å²) in [6.45, 7) is 5.31. The molecule has 4 heteroatoms. The Morgan fingerprint density at radius 1 is 1.64 bits per heavy atom. The van der Waals surface area contributed by atoms with Gasteiger partial charge in [0.15, 0.2) is 0 Å². The van der Waals surface area contributed by atoms with Gasteiger partial charge in [-0.3, -0.25) is 9.79 Å². The highest BCUT2D eigenvalue weighted by molar-refractivity contribution is 6.07. The molecular weight excluding hydrogens is 180 g/mol. The molecular formula is C10H16N2O2. The maximum atomic E-state index is 11.4. The molecule has 0 aromatic rings. The summed E-state index contributed by atoms with van der Waals surface area (Å²) < 4.78 is 5.28. The minimum absolute atomic E-state index is 0.00594. The fourth-order valence-electron chi connectivity index (χ4n) is 1.81. The van der Waals surface area contributed by atoms with Crippen molar-refractivity contribution in [1.29, 1.82) is 0 Å². The van der Waals surface area contributed by atoms with Crippen LogP contribution in [0.4, 0.5) is 0 Å². The summed E-state index contributed by atoms with van der Waals surface area (Å²) in [7, 11) is 0. The summed E-state index contributed by atoms with van der Waals surface area (Å²) >= 11 is 0.